The number of rotatable bonds is 9. The maximum absolute atomic E-state index is 12.8. The number of terminal acetylenes is 1. The van der Waals surface area contributed by atoms with Crippen LogP contribution in [0.25, 0.3) is 10.9 Å². The number of H-pyrrole nitrogens is 1. The summed E-state index contributed by atoms with van der Waals surface area (Å²) in [4.78, 5) is 55.5. The van der Waals surface area contributed by atoms with Crippen LogP contribution in [0, 0.1) is 39.5 Å². The van der Waals surface area contributed by atoms with Gasteiger partial charge in [-0.1, -0.05) is 24.1 Å². The topological polar surface area (TPSA) is 164 Å². The van der Waals surface area contributed by atoms with E-state index < -0.39 is 21.4 Å². The molecule has 12 heteroatoms. The van der Waals surface area contributed by atoms with Crippen LogP contribution in [0.4, 0.5) is 17.1 Å². The van der Waals surface area contributed by atoms with Crippen LogP contribution in [0.15, 0.2) is 65.5 Å². The SMILES string of the molecule is C#CCN(Cc1ccc2nc(C)[nH]c(=O)c2c1)c1ccc(C(=O)NCc2cccc([N+](=O)[O-])c2)c([N+](=O)[O-])c1. The molecule has 0 aliphatic rings. The molecule has 0 bridgehead atoms. The van der Waals surface area contributed by atoms with E-state index in [1.807, 2.05) is 0 Å². The fourth-order valence-electron chi connectivity index (χ4n) is 4.09. The average Bonchev–Trinajstić information content (AvgIpc) is 2.91. The quantitative estimate of drug-likeness (QED) is 0.190. The Morgan fingerprint density at radius 2 is 1.87 bits per heavy atom. The molecule has 0 fully saturated rings. The molecule has 196 valence electrons. The molecule has 0 aliphatic heterocycles. The van der Waals surface area contributed by atoms with Crippen molar-refractivity contribution in [1.29, 1.82) is 0 Å². The molecule has 0 radical (unpaired) electrons. The third-order valence-electron chi connectivity index (χ3n) is 5.91. The van der Waals surface area contributed by atoms with Crippen molar-refractivity contribution in [2.45, 2.75) is 20.0 Å². The van der Waals surface area contributed by atoms with E-state index in [1.165, 1.54) is 30.3 Å². The molecule has 4 rings (SSSR count). The van der Waals surface area contributed by atoms with Crippen molar-refractivity contribution in [3.05, 3.63) is 114 Å². The highest BCUT2D eigenvalue weighted by molar-refractivity contribution is 5.98. The Morgan fingerprint density at radius 1 is 1.08 bits per heavy atom. The molecule has 0 unspecified atom stereocenters. The van der Waals surface area contributed by atoms with Crippen LogP contribution >= 0.6 is 0 Å². The van der Waals surface area contributed by atoms with Gasteiger partial charge in [-0.05, 0) is 42.3 Å². The number of amides is 1. The van der Waals surface area contributed by atoms with Crippen LogP contribution in [0.3, 0.4) is 0 Å². The Hall–Kier alpha value is -5.57. The molecule has 0 spiro atoms. The number of benzene rings is 3. The first kappa shape index (κ1) is 26.5. The van der Waals surface area contributed by atoms with E-state index in [9.17, 15) is 29.8 Å². The lowest BCUT2D eigenvalue weighted by atomic mass is 10.1. The van der Waals surface area contributed by atoms with E-state index >= 15 is 0 Å². The number of nitro groups is 2. The van der Waals surface area contributed by atoms with Gasteiger partial charge < -0.3 is 15.2 Å². The first-order valence-electron chi connectivity index (χ1n) is 11.6. The second-order valence-electron chi connectivity index (χ2n) is 8.63. The number of anilines is 1. The van der Waals surface area contributed by atoms with Crippen LogP contribution in [-0.4, -0.2) is 32.3 Å². The van der Waals surface area contributed by atoms with Crippen molar-refractivity contribution in [3.8, 4) is 12.3 Å². The Morgan fingerprint density at radius 3 is 2.59 bits per heavy atom. The van der Waals surface area contributed by atoms with Crippen LogP contribution in [-0.2, 0) is 13.1 Å². The number of aromatic amines is 1. The lowest BCUT2D eigenvalue weighted by molar-refractivity contribution is -0.385. The highest BCUT2D eigenvalue weighted by Gasteiger charge is 2.22. The first-order valence-corrected chi connectivity index (χ1v) is 11.6. The number of aromatic nitrogens is 2. The summed E-state index contributed by atoms with van der Waals surface area (Å²) in [5, 5.41) is 25.8. The van der Waals surface area contributed by atoms with E-state index in [4.69, 9.17) is 6.42 Å². The van der Waals surface area contributed by atoms with Crippen LogP contribution in [0.2, 0.25) is 0 Å². The molecule has 0 aliphatic carbocycles. The molecular formula is C27H22N6O6. The minimum absolute atomic E-state index is 0.0574. The van der Waals surface area contributed by atoms with Crippen molar-refractivity contribution in [2.24, 2.45) is 0 Å². The predicted molar refractivity (Wildman–Crippen MR) is 144 cm³/mol. The molecule has 0 saturated carbocycles. The van der Waals surface area contributed by atoms with Gasteiger partial charge in [0.25, 0.3) is 22.8 Å². The van der Waals surface area contributed by atoms with Crippen LogP contribution in [0.5, 0.6) is 0 Å². The smallest absolute Gasteiger partial charge is 0.284 e. The molecule has 4 aromatic rings. The Kier molecular flexibility index (Phi) is 7.62. The summed E-state index contributed by atoms with van der Waals surface area (Å²) in [5.74, 6) is 2.32. The number of hydrogen-bond acceptors (Lipinski definition) is 8. The predicted octanol–water partition coefficient (Wildman–Crippen LogP) is 3.62. The van der Waals surface area contributed by atoms with E-state index in [2.05, 4.69) is 21.2 Å². The zero-order chi connectivity index (χ0) is 28.1. The Bertz CT molecular complexity index is 1710. The van der Waals surface area contributed by atoms with Gasteiger partial charge in [0.05, 0.1) is 27.3 Å². The lowest BCUT2D eigenvalue weighted by Gasteiger charge is -2.23. The van der Waals surface area contributed by atoms with Gasteiger partial charge in [0.1, 0.15) is 11.4 Å². The molecular weight excluding hydrogens is 504 g/mol. The third-order valence-corrected chi connectivity index (χ3v) is 5.91. The Labute approximate surface area is 221 Å². The number of non-ortho nitro benzene ring substituents is 1. The maximum Gasteiger partial charge on any atom is 0.284 e. The number of carbonyl (C=O) groups excluding carboxylic acids is 1. The molecule has 1 amide bonds. The molecule has 0 saturated heterocycles. The number of nitrogens with one attached hydrogen (secondary N) is 2. The minimum atomic E-state index is -0.709. The summed E-state index contributed by atoms with van der Waals surface area (Å²) in [7, 11) is 0. The number of fused-ring (bicyclic) bond motifs is 1. The number of hydrogen-bond donors (Lipinski definition) is 2. The number of aryl methyl sites for hydroxylation is 1. The minimum Gasteiger partial charge on any atom is -0.356 e. The molecule has 1 heterocycles. The molecule has 39 heavy (non-hydrogen) atoms. The lowest BCUT2D eigenvalue weighted by Crippen LogP contribution is -2.25. The number of nitrogens with zero attached hydrogens (tertiary/aromatic N) is 4. The van der Waals surface area contributed by atoms with Crippen molar-refractivity contribution < 1.29 is 14.6 Å². The number of nitro benzene ring substituents is 2. The highest BCUT2D eigenvalue weighted by atomic mass is 16.6. The molecule has 3 aromatic carbocycles. The highest BCUT2D eigenvalue weighted by Crippen LogP contribution is 2.27. The van der Waals surface area contributed by atoms with Gasteiger partial charge >= 0.3 is 0 Å². The van der Waals surface area contributed by atoms with Gasteiger partial charge in [0.2, 0.25) is 0 Å². The van der Waals surface area contributed by atoms with Gasteiger partial charge in [0, 0.05) is 37.0 Å². The van der Waals surface area contributed by atoms with Crippen molar-refractivity contribution >= 4 is 33.9 Å². The second-order valence-corrected chi connectivity index (χ2v) is 8.63. The standard InChI is InChI=1S/C27H22N6O6/c1-3-11-31(16-19-7-10-24-23(13-19)27(35)30-17(2)29-24)20-8-9-22(25(14-20)33(38)39)26(34)28-15-18-5-4-6-21(12-18)32(36)37/h1,4-10,12-14H,11,15-16H2,2H3,(H,28,34)(H,29,30,35). The van der Waals surface area contributed by atoms with Gasteiger partial charge in [-0.3, -0.25) is 29.8 Å². The monoisotopic (exact) mass is 526 g/mol. The van der Waals surface area contributed by atoms with Crippen LogP contribution < -0.4 is 15.8 Å². The normalized spacial score (nSPS) is 10.6. The average molecular weight is 527 g/mol. The zero-order valence-corrected chi connectivity index (χ0v) is 20.7. The summed E-state index contributed by atoms with van der Waals surface area (Å²) in [5.41, 5.74) is 1.14. The van der Waals surface area contributed by atoms with Gasteiger partial charge in [-0.2, -0.15) is 0 Å². The zero-order valence-electron chi connectivity index (χ0n) is 20.7. The van der Waals surface area contributed by atoms with Gasteiger partial charge in [0.15, 0.2) is 0 Å². The van der Waals surface area contributed by atoms with E-state index in [-0.39, 0.29) is 36.4 Å². The largest absolute Gasteiger partial charge is 0.356 e. The summed E-state index contributed by atoms with van der Waals surface area (Å²) >= 11 is 0. The Balaban J connectivity index is 1.58. The third kappa shape index (κ3) is 6.05. The molecule has 1 aromatic heterocycles. The van der Waals surface area contributed by atoms with Crippen molar-refractivity contribution in [2.75, 3.05) is 11.4 Å². The van der Waals surface area contributed by atoms with Crippen molar-refractivity contribution in [1.82, 2.24) is 15.3 Å². The fraction of sp³-hybridized carbons (Fsp3) is 0.148. The molecule has 12 nitrogen and oxygen atoms in total. The fourth-order valence-corrected chi connectivity index (χ4v) is 4.09. The molecule has 0 atom stereocenters. The summed E-state index contributed by atoms with van der Waals surface area (Å²) < 4.78 is 0. The van der Waals surface area contributed by atoms with Gasteiger partial charge in [-0.15, -0.1) is 6.42 Å². The second kappa shape index (κ2) is 11.2. The summed E-state index contributed by atoms with van der Waals surface area (Å²) in [6.45, 7) is 1.98. The van der Waals surface area contributed by atoms with Crippen LogP contribution in [0.1, 0.15) is 27.3 Å². The number of carbonyl (C=O) groups is 1. The van der Waals surface area contributed by atoms with Crippen molar-refractivity contribution in [3.63, 3.8) is 0 Å². The van der Waals surface area contributed by atoms with Gasteiger partial charge in [-0.25, -0.2) is 4.98 Å². The summed E-state index contributed by atoms with van der Waals surface area (Å²) in [6, 6.07) is 15.1. The summed E-state index contributed by atoms with van der Waals surface area (Å²) in [6.07, 6.45) is 5.56. The maximum atomic E-state index is 12.8. The first-order chi connectivity index (χ1) is 18.7. The van der Waals surface area contributed by atoms with E-state index in [0.29, 0.717) is 28.0 Å². The molecule has 2 N–H and O–H groups in total. The van der Waals surface area contributed by atoms with E-state index in [1.54, 1.807) is 42.2 Å². The van der Waals surface area contributed by atoms with E-state index in [0.717, 1.165) is 5.56 Å².